The number of para-hydroxylation sites is 2. The molecule has 4 aromatic rings. The second kappa shape index (κ2) is 7.31. The first-order valence-electron chi connectivity index (χ1n) is 9.45. The van der Waals surface area contributed by atoms with Crippen molar-refractivity contribution in [3.63, 3.8) is 0 Å². The molecule has 30 heavy (non-hydrogen) atoms. The highest BCUT2D eigenvalue weighted by Crippen LogP contribution is 2.38. The van der Waals surface area contributed by atoms with Gasteiger partial charge in [-0.25, -0.2) is 9.67 Å². The van der Waals surface area contributed by atoms with Crippen LogP contribution in [-0.4, -0.2) is 20.7 Å². The number of amides is 1. The predicted molar refractivity (Wildman–Crippen MR) is 115 cm³/mol. The average Bonchev–Trinajstić information content (AvgIpc) is 3.11. The summed E-state index contributed by atoms with van der Waals surface area (Å²) in [5, 5.41) is 4.75. The molecule has 7 heteroatoms. The van der Waals surface area contributed by atoms with E-state index < -0.39 is 0 Å². The molecule has 1 aliphatic rings. The first kappa shape index (κ1) is 18.4. The number of fused-ring (bicyclic) bond motifs is 2. The number of pyridine rings is 1. The van der Waals surface area contributed by atoms with E-state index in [1.165, 1.54) is 0 Å². The first-order valence-corrected chi connectivity index (χ1v) is 9.83. The van der Waals surface area contributed by atoms with E-state index in [4.69, 9.17) is 16.3 Å². The zero-order valence-electron chi connectivity index (χ0n) is 16.1. The van der Waals surface area contributed by atoms with Crippen LogP contribution in [0, 0.1) is 6.92 Å². The van der Waals surface area contributed by atoms with Gasteiger partial charge in [-0.1, -0.05) is 29.8 Å². The molecule has 0 saturated heterocycles. The Morgan fingerprint density at radius 2 is 1.97 bits per heavy atom. The lowest BCUT2D eigenvalue weighted by atomic mass is 10.1. The second-order valence-corrected chi connectivity index (χ2v) is 7.40. The van der Waals surface area contributed by atoms with Gasteiger partial charge in [0.05, 0.1) is 34.2 Å². The van der Waals surface area contributed by atoms with Gasteiger partial charge in [-0.15, -0.1) is 0 Å². The quantitative estimate of drug-likeness (QED) is 0.451. The van der Waals surface area contributed by atoms with E-state index >= 15 is 0 Å². The molecule has 0 spiro atoms. The highest BCUT2D eigenvalue weighted by atomic mass is 35.5. The van der Waals surface area contributed by atoms with Crippen LogP contribution in [0.25, 0.3) is 5.69 Å². The van der Waals surface area contributed by atoms with Crippen LogP contribution in [0.3, 0.4) is 0 Å². The normalized spacial score (nSPS) is 12.5. The maximum atomic E-state index is 13.5. The van der Waals surface area contributed by atoms with Gasteiger partial charge in [0, 0.05) is 18.0 Å². The van der Waals surface area contributed by atoms with E-state index in [1.54, 1.807) is 27.9 Å². The molecule has 0 bridgehead atoms. The minimum atomic E-state index is -0.212. The molecule has 0 aliphatic carbocycles. The number of carbonyl (C=O) groups excluding carboxylic acids is 1. The van der Waals surface area contributed by atoms with Gasteiger partial charge in [0.1, 0.15) is 0 Å². The number of carbonyl (C=O) groups is 1. The van der Waals surface area contributed by atoms with Crippen molar-refractivity contribution in [2.24, 2.45) is 0 Å². The minimum Gasteiger partial charge on any atom is -0.436 e. The predicted octanol–water partition coefficient (Wildman–Crippen LogP) is 5.18. The Hall–Kier alpha value is -3.64. The first-order chi connectivity index (χ1) is 14.6. The van der Waals surface area contributed by atoms with E-state index in [2.05, 4.69) is 10.1 Å². The van der Waals surface area contributed by atoms with E-state index in [-0.39, 0.29) is 5.91 Å². The van der Waals surface area contributed by atoms with Gasteiger partial charge in [0.25, 0.3) is 5.91 Å². The molecule has 5 rings (SSSR count). The van der Waals surface area contributed by atoms with Gasteiger partial charge in [0.2, 0.25) is 5.88 Å². The average molecular weight is 417 g/mol. The zero-order chi connectivity index (χ0) is 20.7. The lowest BCUT2D eigenvalue weighted by Crippen LogP contribution is -2.30. The number of rotatable bonds is 2. The smallest absolute Gasteiger partial charge is 0.260 e. The molecule has 1 aliphatic heterocycles. The molecule has 0 atom stereocenters. The Labute approximate surface area is 178 Å². The van der Waals surface area contributed by atoms with E-state index in [1.807, 2.05) is 61.7 Å². The van der Waals surface area contributed by atoms with Crippen LogP contribution < -0.4 is 9.64 Å². The van der Waals surface area contributed by atoms with Gasteiger partial charge >= 0.3 is 0 Å². The zero-order valence-corrected chi connectivity index (χ0v) is 16.9. The van der Waals surface area contributed by atoms with Crippen LogP contribution in [-0.2, 0) is 6.54 Å². The van der Waals surface area contributed by atoms with Gasteiger partial charge in [-0.05, 0) is 49.4 Å². The van der Waals surface area contributed by atoms with Gasteiger partial charge in [-0.3, -0.25) is 4.79 Å². The van der Waals surface area contributed by atoms with Crippen LogP contribution in [0.2, 0.25) is 5.02 Å². The Morgan fingerprint density at radius 1 is 1.10 bits per heavy atom. The molecule has 3 heterocycles. The van der Waals surface area contributed by atoms with Crippen molar-refractivity contribution < 1.29 is 9.53 Å². The standard InChI is InChI=1S/C23H17ClN4O2/c1-15-10-12-28(26-15)17-8-9-18(19(24)13-17)23(29)27-14-16-5-4-11-25-22(16)30-21-7-3-2-6-20(21)27/h2-13H,14H2,1H3. The SMILES string of the molecule is Cc1ccn(-c2ccc(C(=O)N3Cc4cccnc4Oc4ccccc43)c(Cl)c2)n1. The van der Waals surface area contributed by atoms with Crippen molar-refractivity contribution in [2.75, 3.05) is 4.90 Å². The highest BCUT2D eigenvalue weighted by Gasteiger charge is 2.27. The van der Waals surface area contributed by atoms with E-state index in [0.717, 1.165) is 16.9 Å². The van der Waals surface area contributed by atoms with Gasteiger partial charge in [-0.2, -0.15) is 5.10 Å². The monoisotopic (exact) mass is 416 g/mol. The molecule has 1 amide bonds. The maximum absolute atomic E-state index is 13.5. The number of benzene rings is 2. The third kappa shape index (κ3) is 3.21. The summed E-state index contributed by atoms with van der Waals surface area (Å²) in [5.41, 5.74) is 3.59. The summed E-state index contributed by atoms with van der Waals surface area (Å²) in [7, 11) is 0. The summed E-state index contributed by atoms with van der Waals surface area (Å²) in [4.78, 5) is 19.5. The fourth-order valence-electron chi connectivity index (χ4n) is 3.47. The second-order valence-electron chi connectivity index (χ2n) is 6.99. The minimum absolute atomic E-state index is 0.212. The molecule has 2 aromatic heterocycles. The van der Waals surface area contributed by atoms with Crippen LogP contribution in [0.1, 0.15) is 21.6 Å². The molecule has 2 aromatic carbocycles. The van der Waals surface area contributed by atoms with Crippen LogP contribution in [0.5, 0.6) is 11.6 Å². The molecular weight excluding hydrogens is 400 g/mol. The number of aryl methyl sites for hydroxylation is 1. The van der Waals surface area contributed by atoms with Gasteiger partial charge in [0.15, 0.2) is 5.75 Å². The number of hydrogen-bond acceptors (Lipinski definition) is 4. The van der Waals surface area contributed by atoms with Crippen molar-refractivity contribution >= 4 is 23.2 Å². The number of nitrogens with zero attached hydrogens (tertiary/aromatic N) is 4. The summed E-state index contributed by atoms with van der Waals surface area (Å²) in [6, 6.07) is 18.4. The fourth-order valence-corrected chi connectivity index (χ4v) is 3.72. The third-order valence-corrected chi connectivity index (χ3v) is 5.27. The Kier molecular flexibility index (Phi) is 4.48. The maximum Gasteiger partial charge on any atom is 0.260 e. The van der Waals surface area contributed by atoms with Crippen molar-refractivity contribution in [1.29, 1.82) is 0 Å². The molecule has 0 N–H and O–H groups in total. The largest absolute Gasteiger partial charge is 0.436 e. The summed E-state index contributed by atoms with van der Waals surface area (Å²) < 4.78 is 7.71. The third-order valence-electron chi connectivity index (χ3n) is 4.96. The summed E-state index contributed by atoms with van der Waals surface area (Å²) in [6.07, 6.45) is 3.53. The number of hydrogen-bond donors (Lipinski definition) is 0. The molecule has 0 saturated carbocycles. The molecule has 0 radical (unpaired) electrons. The highest BCUT2D eigenvalue weighted by molar-refractivity contribution is 6.34. The van der Waals surface area contributed by atoms with Crippen LogP contribution >= 0.6 is 11.6 Å². The molecular formula is C23H17ClN4O2. The summed E-state index contributed by atoms with van der Waals surface area (Å²) in [5.74, 6) is 0.856. The number of halogens is 1. The van der Waals surface area contributed by atoms with Crippen LogP contribution in [0.15, 0.2) is 73.1 Å². The topological polar surface area (TPSA) is 60.2 Å². The molecule has 148 valence electrons. The Balaban J connectivity index is 1.55. The van der Waals surface area contributed by atoms with Crippen molar-refractivity contribution in [3.05, 3.63) is 94.9 Å². The number of aromatic nitrogens is 3. The fraction of sp³-hybridized carbons (Fsp3) is 0.0870. The summed E-state index contributed by atoms with van der Waals surface area (Å²) in [6.45, 7) is 2.25. The lowest BCUT2D eigenvalue weighted by Gasteiger charge is -2.22. The van der Waals surface area contributed by atoms with Crippen molar-refractivity contribution in [2.45, 2.75) is 13.5 Å². The van der Waals surface area contributed by atoms with Crippen molar-refractivity contribution in [3.8, 4) is 17.3 Å². The van der Waals surface area contributed by atoms with E-state index in [9.17, 15) is 4.79 Å². The van der Waals surface area contributed by atoms with Crippen molar-refractivity contribution in [1.82, 2.24) is 14.8 Å². The Bertz CT molecular complexity index is 1270. The lowest BCUT2D eigenvalue weighted by molar-refractivity contribution is 0.0985. The van der Waals surface area contributed by atoms with Crippen LogP contribution in [0.4, 0.5) is 5.69 Å². The molecule has 6 nitrogen and oxygen atoms in total. The summed E-state index contributed by atoms with van der Waals surface area (Å²) >= 11 is 6.54. The Morgan fingerprint density at radius 3 is 2.77 bits per heavy atom. The van der Waals surface area contributed by atoms with Gasteiger partial charge < -0.3 is 9.64 Å². The van der Waals surface area contributed by atoms with E-state index in [0.29, 0.717) is 34.4 Å². The molecule has 0 fully saturated rings. The number of ether oxygens (including phenoxy) is 1. The molecule has 0 unspecified atom stereocenters. The number of anilines is 1.